The first-order valence-corrected chi connectivity index (χ1v) is 5.20. The third kappa shape index (κ3) is 3.09. The van der Waals surface area contributed by atoms with Crippen molar-refractivity contribution in [1.29, 1.82) is 0 Å². The van der Waals surface area contributed by atoms with Crippen LogP contribution < -0.4 is 15.5 Å². The lowest BCUT2D eigenvalue weighted by atomic mass is 10.2. The molecule has 1 fully saturated rings. The molecule has 0 spiro atoms. The predicted molar refractivity (Wildman–Crippen MR) is 49.2 cm³/mol. The highest BCUT2D eigenvalue weighted by Gasteiger charge is 2.22. The maximum atomic E-state index is 4.14. The summed E-state index contributed by atoms with van der Waals surface area (Å²) in [4.78, 5) is 3.46. The molecule has 0 radical (unpaired) electrons. The fraction of sp³-hybridized carbons (Fsp3) is 1.00. The minimum Gasteiger partial charge on any atom is -0.350 e. The fourth-order valence-electron chi connectivity index (χ4n) is 1.79. The van der Waals surface area contributed by atoms with E-state index in [2.05, 4.69) is 19.7 Å². The average Bonchev–Trinajstić information content (AvgIpc) is 2.09. The van der Waals surface area contributed by atoms with Gasteiger partial charge >= 0.3 is 0 Å². The van der Waals surface area contributed by atoms with Gasteiger partial charge in [0.15, 0.2) is 0 Å². The van der Waals surface area contributed by atoms with E-state index in [0.29, 0.717) is 6.04 Å². The molecule has 5 N–H and O–H groups in total. The first-order valence-electron chi connectivity index (χ1n) is 5.20. The zero-order valence-corrected chi connectivity index (χ0v) is 8.53. The van der Waals surface area contributed by atoms with E-state index < -0.39 is 0 Å². The van der Waals surface area contributed by atoms with Gasteiger partial charge in [0.25, 0.3) is 0 Å². The van der Waals surface area contributed by atoms with Crippen molar-refractivity contribution in [2.45, 2.75) is 19.4 Å². The third-order valence-corrected chi connectivity index (χ3v) is 2.97. The molecule has 3 heteroatoms. The summed E-state index contributed by atoms with van der Waals surface area (Å²) >= 11 is 0. The summed E-state index contributed by atoms with van der Waals surface area (Å²) in [6.07, 6.45) is 1.23. The minimum atomic E-state index is 0.665. The summed E-state index contributed by atoms with van der Waals surface area (Å²) in [5.41, 5.74) is 4.14. The number of likely N-dealkylation sites (N-methyl/N-ethyl adjacent to an activating group) is 1. The summed E-state index contributed by atoms with van der Waals surface area (Å²) in [6, 6.07) is 0.665. The quantitative estimate of drug-likeness (QED) is 0.396. The van der Waals surface area contributed by atoms with E-state index in [4.69, 9.17) is 0 Å². The Morgan fingerprint density at radius 1 is 1.25 bits per heavy atom. The standard InChI is InChI=1S/C9H21N3/c1-3-9(10)8-12-6-4-11(2)5-7-12/h9H,3-8,10H2,1-2H3/p+3/t9-/m1/s1. The lowest BCUT2D eigenvalue weighted by Gasteiger charge is -2.27. The average molecular weight is 174 g/mol. The molecule has 1 saturated heterocycles. The minimum absolute atomic E-state index is 0.665. The molecule has 1 atom stereocenters. The van der Waals surface area contributed by atoms with Gasteiger partial charge in [0, 0.05) is 6.42 Å². The lowest BCUT2D eigenvalue weighted by molar-refractivity contribution is -1.01. The van der Waals surface area contributed by atoms with Crippen LogP contribution in [0.2, 0.25) is 0 Å². The molecule has 1 rings (SSSR count). The highest BCUT2D eigenvalue weighted by molar-refractivity contribution is 4.46. The number of rotatable bonds is 3. The third-order valence-electron chi connectivity index (χ3n) is 2.97. The zero-order chi connectivity index (χ0) is 8.97. The van der Waals surface area contributed by atoms with Crippen LogP contribution in [0.25, 0.3) is 0 Å². The molecule has 1 aliphatic rings. The topological polar surface area (TPSA) is 36.5 Å². The fourth-order valence-corrected chi connectivity index (χ4v) is 1.79. The monoisotopic (exact) mass is 174 g/mol. The van der Waals surface area contributed by atoms with Gasteiger partial charge in [0.05, 0.1) is 7.05 Å². The molecule has 0 saturated carbocycles. The van der Waals surface area contributed by atoms with E-state index in [9.17, 15) is 0 Å². The van der Waals surface area contributed by atoms with Crippen molar-refractivity contribution < 1.29 is 15.5 Å². The Bertz CT molecular complexity index is 119. The van der Waals surface area contributed by atoms with Crippen LogP contribution in [0.3, 0.4) is 0 Å². The molecule has 0 unspecified atom stereocenters. The lowest BCUT2D eigenvalue weighted by Crippen LogP contribution is -3.27. The van der Waals surface area contributed by atoms with Crippen LogP contribution in [0.1, 0.15) is 13.3 Å². The molecule has 3 nitrogen and oxygen atoms in total. The highest BCUT2D eigenvalue weighted by atomic mass is 15.2. The zero-order valence-electron chi connectivity index (χ0n) is 8.53. The number of piperazine rings is 1. The van der Waals surface area contributed by atoms with Gasteiger partial charge in [-0.3, -0.25) is 0 Å². The predicted octanol–water partition coefficient (Wildman–Crippen LogP) is -3.58. The molecular weight excluding hydrogens is 150 g/mol. The summed E-state index contributed by atoms with van der Waals surface area (Å²) in [6.45, 7) is 8.88. The van der Waals surface area contributed by atoms with Crippen molar-refractivity contribution in [3.63, 3.8) is 0 Å². The Labute approximate surface area is 75.5 Å². The molecule has 12 heavy (non-hydrogen) atoms. The summed E-state index contributed by atoms with van der Waals surface area (Å²) < 4.78 is 0. The second-order valence-corrected chi connectivity index (χ2v) is 4.19. The molecule has 0 bridgehead atoms. The van der Waals surface area contributed by atoms with Crippen molar-refractivity contribution in [3.05, 3.63) is 0 Å². The molecule has 72 valence electrons. The Balaban J connectivity index is 2.17. The van der Waals surface area contributed by atoms with Crippen molar-refractivity contribution in [3.8, 4) is 0 Å². The van der Waals surface area contributed by atoms with E-state index in [1.54, 1.807) is 9.80 Å². The van der Waals surface area contributed by atoms with Crippen LogP contribution in [0.4, 0.5) is 0 Å². The molecule has 0 aromatic heterocycles. The first-order chi connectivity index (χ1) is 5.72. The van der Waals surface area contributed by atoms with Crippen molar-refractivity contribution in [1.82, 2.24) is 0 Å². The second-order valence-electron chi connectivity index (χ2n) is 4.19. The van der Waals surface area contributed by atoms with Gasteiger partial charge in [-0.25, -0.2) is 0 Å². The Kier molecular flexibility index (Phi) is 3.98. The number of quaternary nitrogens is 3. The van der Waals surface area contributed by atoms with E-state index >= 15 is 0 Å². The van der Waals surface area contributed by atoms with Crippen LogP contribution in [0.15, 0.2) is 0 Å². The Morgan fingerprint density at radius 2 is 1.83 bits per heavy atom. The largest absolute Gasteiger partial charge is 0.350 e. The van der Waals surface area contributed by atoms with E-state index in [1.807, 2.05) is 0 Å². The van der Waals surface area contributed by atoms with Gasteiger partial charge < -0.3 is 15.5 Å². The van der Waals surface area contributed by atoms with Gasteiger partial charge in [0.2, 0.25) is 0 Å². The normalized spacial score (nSPS) is 33.2. The van der Waals surface area contributed by atoms with Crippen LogP contribution in [0, 0.1) is 0 Å². The number of nitrogens with one attached hydrogen (secondary N) is 2. The highest BCUT2D eigenvalue weighted by Crippen LogP contribution is 1.76. The van der Waals surface area contributed by atoms with Crippen molar-refractivity contribution >= 4 is 0 Å². The van der Waals surface area contributed by atoms with Crippen LogP contribution in [0.5, 0.6) is 0 Å². The van der Waals surface area contributed by atoms with Gasteiger partial charge in [-0.2, -0.15) is 0 Å². The van der Waals surface area contributed by atoms with Crippen LogP contribution in [-0.2, 0) is 0 Å². The Hall–Kier alpha value is -0.120. The van der Waals surface area contributed by atoms with Gasteiger partial charge in [0.1, 0.15) is 38.8 Å². The van der Waals surface area contributed by atoms with E-state index in [1.165, 1.54) is 39.1 Å². The molecule has 0 amide bonds. The van der Waals surface area contributed by atoms with Crippen molar-refractivity contribution in [2.24, 2.45) is 0 Å². The first kappa shape index (κ1) is 9.96. The maximum absolute atomic E-state index is 4.14. The SMILES string of the molecule is CC[C@@H]([NH3+])C[NH+]1CC[NH+](C)CC1. The van der Waals surface area contributed by atoms with Crippen LogP contribution >= 0.6 is 0 Å². The second kappa shape index (κ2) is 4.80. The molecule has 0 aromatic rings. The van der Waals surface area contributed by atoms with Gasteiger partial charge in [-0.1, -0.05) is 6.92 Å². The summed E-state index contributed by atoms with van der Waals surface area (Å²) in [5.74, 6) is 0. The number of hydrogen-bond acceptors (Lipinski definition) is 0. The summed E-state index contributed by atoms with van der Waals surface area (Å²) in [5, 5.41) is 0. The summed E-state index contributed by atoms with van der Waals surface area (Å²) in [7, 11) is 2.29. The molecule has 1 heterocycles. The van der Waals surface area contributed by atoms with Gasteiger partial charge in [-0.15, -0.1) is 0 Å². The van der Waals surface area contributed by atoms with E-state index in [0.717, 1.165) is 0 Å². The molecule has 0 aromatic carbocycles. The molecule has 0 aliphatic carbocycles. The maximum Gasteiger partial charge on any atom is 0.134 e. The van der Waals surface area contributed by atoms with E-state index in [-0.39, 0.29) is 0 Å². The van der Waals surface area contributed by atoms with Crippen LogP contribution in [-0.4, -0.2) is 45.8 Å². The molecule has 1 aliphatic heterocycles. The van der Waals surface area contributed by atoms with Crippen molar-refractivity contribution in [2.75, 3.05) is 39.8 Å². The molecular formula is C9H24N3+3. The Morgan fingerprint density at radius 3 is 2.33 bits per heavy atom. The smallest absolute Gasteiger partial charge is 0.134 e. The number of hydrogen-bond donors (Lipinski definition) is 3. The van der Waals surface area contributed by atoms with Gasteiger partial charge in [-0.05, 0) is 0 Å².